The van der Waals surface area contributed by atoms with Crippen LogP contribution in [0.5, 0.6) is 0 Å². The van der Waals surface area contributed by atoms with Crippen molar-refractivity contribution in [2.75, 3.05) is 32.8 Å². The number of aliphatic hydroxyl groups excluding tert-OH is 3. The van der Waals surface area contributed by atoms with Crippen LogP contribution >= 0.6 is 0 Å². The molecule has 92 valence electrons. The van der Waals surface area contributed by atoms with Gasteiger partial charge in [-0.3, -0.25) is 4.90 Å². The van der Waals surface area contributed by atoms with Crippen molar-refractivity contribution in [1.29, 1.82) is 0 Å². The van der Waals surface area contributed by atoms with Gasteiger partial charge in [0.1, 0.15) is 0 Å². The molecule has 0 saturated heterocycles. The molecule has 0 atom stereocenters. The largest absolute Gasteiger partial charge is 0.395 e. The van der Waals surface area contributed by atoms with Gasteiger partial charge in [0.05, 0.1) is 13.2 Å². The molecule has 0 fully saturated rings. The minimum Gasteiger partial charge on any atom is -0.395 e. The quantitative estimate of drug-likeness (QED) is 0.285. The number of rotatable bonds is 10. The zero-order valence-corrected chi connectivity index (χ0v) is 9.18. The van der Waals surface area contributed by atoms with E-state index < -0.39 is 6.29 Å². The number of hydrogen-bond donors (Lipinski definition) is 4. The van der Waals surface area contributed by atoms with Crippen molar-refractivity contribution in [3.8, 4) is 0 Å². The lowest BCUT2D eigenvalue weighted by Crippen LogP contribution is -2.30. The van der Waals surface area contributed by atoms with Gasteiger partial charge in [-0.05, 0) is 25.8 Å². The van der Waals surface area contributed by atoms with Crippen LogP contribution in [0.1, 0.15) is 25.7 Å². The average molecular weight is 221 g/mol. The molecule has 0 radical (unpaired) electrons. The Labute approximate surface area is 91.0 Å². The van der Waals surface area contributed by atoms with Crippen molar-refractivity contribution in [3.05, 3.63) is 0 Å². The molecular formula is C10H23NO4. The summed E-state index contributed by atoms with van der Waals surface area (Å²) in [6, 6.07) is 0. The van der Waals surface area contributed by atoms with Gasteiger partial charge in [-0.25, -0.2) is 0 Å². The Bertz CT molecular complexity index is 127. The lowest BCUT2D eigenvalue weighted by atomic mass is 10.2. The second-order valence-corrected chi connectivity index (χ2v) is 3.62. The first-order valence-corrected chi connectivity index (χ1v) is 5.51. The summed E-state index contributed by atoms with van der Waals surface area (Å²) >= 11 is 0. The van der Waals surface area contributed by atoms with Gasteiger partial charge in [0.15, 0.2) is 6.29 Å². The van der Waals surface area contributed by atoms with E-state index in [4.69, 9.17) is 20.4 Å². The van der Waals surface area contributed by atoms with Gasteiger partial charge in [-0.2, -0.15) is 0 Å². The molecule has 0 aliphatic heterocycles. The zero-order valence-electron chi connectivity index (χ0n) is 9.18. The van der Waals surface area contributed by atoms with Gasteiger partial charge in [-0.15, -0.1) is 0 Å². The predicted molar refractivity (Wildman–Crippen MR) is 57.3 cm³/mol. The van der Waals surface area contributed by atoms with E-state index in [0.29, 0.717) is 19.5 Å². The van der Waals surface area contributed by atoms with Gasteiger partial charge in [0.25, 0.3) is 0 Å². The van der Waals surface area contributed by atoms with Crippen molar-refractivity contribution < 1.29 is 20.4 Å². The van der Waals surface area contributed by atoms with Crippen LogP contribution in [0.15, 0.2) is 0 Å². The summed E-state index contributed by atoms with van der Waals surface area (Å²) in [4.78, 5) is 2.00. The van der Waals surface area contributed by atoms with Crippen molar-refractivity contribution in [2.45, 2.75) is 32.0 Å². The van der Waals surface area contributed by atoms with Gasteiger partial charge in [0.2, 0.25) is 0 Å². The first-order valence-electron chi connectivity index (χ1n) is 5.51. The van der Waals surface area contributed by atoms with Crippen molar-refractivity contribution >= 4 is 0 Å². The second-order valence-electron chi connectivity index (χ2n) is 3.62. The highest BCUT2D eigenvalue weighted by Gasteiger charge is 2.03. The van der Waals surface area contributed by atoms with Crippen molar-refractivity contribution in [2.24, 2.45) is 0 Å². The fraction of sp³-hybridized carbons (Fsp3) is 1.00. The van der Waals surface area contributed by atoms with Crippen molar-refractivity contribution in [3.63, 3.8) is 0 Å². The highest BCUT2D eigenvalue weighted by Crippen LogP contribution is 2.03. The first kappa shape index (κ1) is 14.8. The summed E-state index contributed by atoms with van der Waals surface area (Å²) < 4.78 is 0. The topological polar surface area (TPSA) is 84.2 Å². The molecule has 0 rings (SSSR count). The molecule has 5 nitrogen and oxygen atoms in total. The molecule has 0 aliphatic rings. The van der Waals surface area contributed by atoms with Gasteiger partial charge in [0, 0.05) is 13.1 Å². The third kappa shape index (κ3) is 10.1. The Morgan fingerprint density at radius 1 is 0.800 bits per heavy atom. The Kier molecular flexibility index (Phi) is 10.2. The van der Waals surface area contributed by atoms with E-state index in [1.165, 1.54) is 0 Å². The third-order valence-electron chi connectivity index (χ3n) is 2.27. The predicted octanol–water partition coefficient (Wildman–Crippen LogP) is -0.856. The monoisotopic (exact) mass is 221 g/mol. The molecule has 0 unspecified atom stereocenters. The Balaban J connectivity index is 3.36. The maximum atomic E-state index is 8.75. The van der Waals surface area contributed by atoms with E-state index in [2.05, 4.69) is 0 Å². The van der Waals surface area contributed by atoms with Crippen LogP contribution in [0.4, 0.5) is 0 Å². The summed E-state index contributed by atoms with van der Waals surface area (Å²) in [7, 11) is 0. The molecule has 5 heteroatoms. The minimum absolute atomic E-state index is 0.107. The summed E-state index contributed by atoms with van der Waals surface area (Å²) in [6.07, 6.45) is 1.90. The van der Waals surface area contributed by atoms with Gasteiger partial charge in [-0.1, -0.05) is 6.42 Å². The summed E-state index contributed by atoms with van der Waals surface area (Å²) in [6.45, 7) is 2.22. The Morgan fingerprint density at radius 2 is 1.40 bits per heavy atom. The van der Waals surface area contributed by atoms with Crippen LogP contribution in [0.25, 0.3) is 0 Å². The lowest BCUT2D eigenvalue weighted by Gasteiger charge is -2.19. The van der Waals surface area contributed by atoms with E-state index in [9.17, 15) is 0 Å². The van der Waals surface area contributed by atoms with Gasteiger partial charge >= 0.3 is 0 Å². The third-order valence-corrected chi connectivity index (χ3v) is 2.27. The normalized spacial score (nSPS) is 11.6. The van der Waals surface area contributed by atoms with Crippen LogP contribution < -0.4 is 0 Å². The maximum Gasteiger partial charge on any atom is 0.151 e. The van der Waals surface area contributed by atoms with Crippen LogP contribution in [-0.2, 0) is 0 Å². The Morgan fingerprint density at radius 3 is 1.87 bits per heavy atom. The molecule has 0 spiro atoms. The summed E-state index contributed by atoms with van der Waals surface area (Å²) in [5.74, 6) is 0. The Hall–Kier alpha value is -0.200. The van der Waals surface area contributed by atoms with Crippen LogP contribution in [0, 0.1) is 0 Å². The highest BCUT2D eigenvalue weighted by molar-refractivity contribution is 4.57. The van der Waals surface area contributed by atoms with Crippen LogP contribution in [-0.4, -0.2) is 64.5 Å². The van der Waals surface area contributed by atoms with Crippen LogP contribution in [0.3, 0.4) is 0 Å². The van der Waals surface area contributed by atoms with Gasteiger partial charge < -0.3 is 20.4 Å². The van der Waals surface area contributed by atoms with Crippen molar-refractivity contribution in [1.82, 2.24) is 4.90 Å². The molecule has 15 heavy (non-hydrogen) atoms. The fourth-order valence-electron chi connectivity index (χ4n) is 1.46. The number of aliphatic hydroxyl groups is 4. The zero-order chi connectivity index (χ0) is 11.5. The van der Waals surface area contributed by atoms with E-state index in [-0.39, 0.29) is 13.2 Å². The van der Waals surface area contributed by atoms with E-state index in [1.807, 2.05) is 4.90 Å². The molecule has 0 aromatic heterocycles. The molecule has 0 bridgehead atoms. The standard InChI is InChI=1S/C10H23NO4/c12-8-6-11(7-9-13)5-3-1-2-4-10(14)15/h10,12-15H,1-9H2. The SMILES string of the molecule is OCCN(CCO)CCCCCC(O)O. The molecule has 0 aromatic rings. The lowest BCUT2D eigenvalue weighted by molar-refractivity contribution is -0.0466. The molecule has 0 heterocycles. The number of unbranched alkanes of at least 4 members (excludes halogenated alkanes) is 2. The summed E-state index contributed by atoms with van der Waals surface area (Å²) in [5.41, 5.74) is 0. The van der Waals surface area contributed by atoms with Crippen LogP contribution in [0.2, 0.25) is 0 Å². The molecular weight excluding hydrogens is 198 g/mol. The van der Waals surface area contributed by atoms with E-state index >= 15 is 0 Å². The number of nitrogens with zero attached hydrogens (tertiary/aromatic N) is 1. The minimum atomic E-state index is -1.20. The average Bonchev–Trinajstić information content (AvgIpc) is 2.17. The second kappa shape index (κ2) is 10.3. The maximum absolute atomic E-state index is 8.75. The van der Waals surface area contributed by atoms with E-state index in [1.54, 1.807) is 0 Å². The smallest absolute Gasteiger partial charge is 0.151 e. The first-order chi connectivity index (χ1) is 7.20. The molecule has 4 N–H and O–H groups in total. The molecule has 0 aromatic carbocycles. The molecule has 0 amide bonds. The summed E-state index contributed by atoms with van der Waals surface area (Å²) in [5, 5.41) is 34.7. The molecule has 0 aliphatic carbocycles. The molecule has 0 saturated carbocycles. The highest BCUT2D eigenvalue weighted by atomic mass is 16.5. The van der Waals surface area contributed by atoms with E-state index in [0.717, 1.165) is 25.8 Å². The fourth-order valence-corrected chi connectivity index (χ4v) is 1.46. The number of hydrogen-bond acceptors (Lipinski definition) is 5.